The lowest BCUT2D eigenvalue weighted by Gasteiger charge is -2.17. The van der Waals surface area contributed by atoms with E-state index in [9.17, 15) is 4.79 Å². The summed E-state index contributed by atoms with van der Waals surface area (Å²) in [4.78, 5) is 10.8. The minimum absolute atomic E-state index is 0.334. The van der Waals surface area contributed by atoms with Crippen LogP contribution >= 0.6 is 0 Å². The van der Waals surface area contributed by atoms with Crippen LogP contribution in [0.5, 0.6) is 0 Å². The van der Waals surface area contributed by atoms with Crippen molar-refractivity contribution in [2.24, 2.45) is 5.92 Å². The highest BCUT2D eigenvalue weighted by molar-refractivity contribution is 5.81. The van der Waals surface area contributed by atoms with Gasteiger partial charge in [0.15, 0.2) is 0 Å². The smallest absolute Gasteiger partial charge is 0.330 e. The largest absolute Gasteiger partial charge is 0.458 e. The first-order valence-electron chi connectivity index (χ1n) is 4.71. The third-order valence-corrected chi connectivity index (χ3v) is 2.24. The van der Waals surface area contributed by atoms with Crippen LogP contribution in [0.2, 0.25) is 0 Å². The molecular formula is C11H16O2. The number of esters is 1. The van der Waals surface area contributed by atoms with E-state index >= 15 is 0 Å². The molecule has 0 fully saturated rings. The molecule has 0 radical (unpaired) electrons. The molecule has 0 aromatic rings. The number of rotatable bonds is 3. The lowest BCUT2D eigenvalue weighted by Crippen LogP contribution is -2.09. The Morgan fingerprint density at radius 1 is 1.85 bits per heavy atom. The van der Waals surface area contributed by atoms with Gasteiger partial charge in [-0.1, -0.05) is 19.6 Å². The van der Waals surface area contributed by atoms with Crippen molar-refractivity contribution in [2.75, 3.05) is 6.61 Å². The molecule has 0 spiro atoms. The molecule has 2 nitrogen and oxygen atoms in total. The molecule has 0 saturated carbocycles. The van der Waals surface area contributed by atoms with Crippen molar-refractivity contribution >= 4 is 5.97 Å². The summed E-state index contributed by atoms with van der Waals surface area (Å²) in [6.07, 6.45) is 6.93. The van der Waals surface area contributed by atoms with Gasteiger partial charge in [0, 0.05) is 6.08 Å². The summed E-state index contributed by atoms with van der Waals surface area (Å²) in [5, 5.41) is 0. The van der Waals surface area contributed by atoms with Gasteiger partial charge in [0.2, 0.25) is 0 Å². The fourth-order valence-corrected chi connectivity index (χ4v) is 1.56. The maximum absolute atomic E-state index is 10.8. The van der Waals surface area contributed by atoms with Crippen LogP contribution in [0.15, 0.2) is 24.3 Å². The zero-order valence-electron chi connectivity index (χ0n) is 8.08. The van der Waals surface area contributed by atoms with E-state index in [2.05, 4.69) is 19.6 Å². The van der Waals surface area contributed by atoms with Crippen LogP contribution in [-0.2, 0) is 9.53 Å². The third-order valence-electron chi connectivity index (χ3n) is 2.24. The van der Waals surface area contributed by atoms with Crippen LogP contribution in [-0.4, -0.2) is 12.6 Å². The molecule has 1 unspecified atom stereocenters. The molecule has 13 heavy (non-hydrogen) atoms. The van der Waals surface area contributed by atoms with E-state index < -0.39 is 0 Å². The Morgan fingerprint density at radius 2 is 2.62 bits per heavy atom. The topological polar surface area (TPSA) is 26.3 Å². The van der Waals surface area contributed by atoms with Gasteiger partial charge < -0.3 is 4.74 Å². The Bertz CT molecular complexity index is 228. The van der Waals surface area contributed by atoms with Crippen LogP contribution in [0.25, 0.3) is 0 Å². The van der Waals surface area contributed by atoms with Crippen LogP contribution < -0.4 is 0 Å². The molecule has 72 valence electrons. The third kappa shape index (κ3) is 3.45. The van der Waals surface area contributed by atoms with Gasteiger partial charge >= 0.3 is 5.97 Å². The number of hydrogen-bond acceptors (Lipinski definition) is 2. The van der Waals surface area contributed by atoms with Gasteiger partial charge in [-0.15, -0.1) is 0 Å². The van der Waals surface area contributed by atoms with Crippen molar-refractivity contribution in [3.63, 3.8) is 0 Å². The molecule has 0 bridgehead atoms. The number of hydrogen-bond donors (Lipinski definition) is 0. The summed E-state index contributed by atoms with van der Waals surface area (Å²) < 4.78 is 4.95. The van der Waals surface area contributed by atoms with Gasteiger partial charge in [-0.2, -0.15) is 0 Å². The van der Waals surface area contributed by atoms with Crippen LogP contribution in [0.4, 0.5) is 0 Å². The van der Waals surface area contributed by atoms with Crippen LogP contribution in [0, 0.1) is 5.92 Å². The van der Waals surface area contributed by atoms with Crippen molar-refractivity contribution < 1.29 is 9.53 Å². The van der Waals surface area contributed by atoms with Crippen molar-refractivity contribution in [2.45, 2.75) is 26.2 Å². The van der Waals surface area contributed by atoms with E-state index in [0.717, 1.165) is 6.42 Å². The Morgan fingerprint density at radius 3 is 3.23 bits per heavy atom. The second-order valence-electron chi connectivity index (χ2n) is 3.51. The molecule has 0 aromatic heterocycles. The molecule has 0 saturated heterocycles. The minimum atomic E-state index is -0.334. The first-order chi connectivity index (χ1) is 6.22. The summed E-state index contributed by atoms with van der Waals surface area (Å²) >= 11 is 0. The highest BCUT2D eigenvalue weighted by Gasteiger charge is 2.10. The van der Waals surface area contributed by atoms with E-state index in [1.165, 1.54) is 24.5 Å². The molecule has 0 N–H and O–H groups in total. The summed E-state index contributed by atoms with van der Waals surface area (Å²) in [6.45, 7) is 5.97. The van der Waals surface area contributed by atoms with Gasteiger partial charge in [-0.25, -0.2) is 4.79 Å². The summed E-state index contributed by atoms with van der Waals surface area (Å²) in [6, 6.07) is 0. The molecule has 0 heterocycles. The fourth-order valence-electron chi connectivity index (χ4n) is 1.56. The molecule has 2 heteroatoms. The molecule has 1 aliphatic rings. The maximum atomic E-state index is 10.8. The maximum Gasteiger partial charge on any atom is 0.330 e. The Labute approximate surface area is 79.3 Å². The molecule has 0 aliphatic heterocycles. The molecule has 1 aliphatic carbocycles. The van der Waals surface area contributed by atoms with Crippen molar-refractivity contribution in [3.05, 3.63) is 24.3 Å². The predicted molar refractivity (Wildman–Crippen MR) is 52.3 cm³/mol. The first-order valence-corrected chi connectivity index (χ1v) is 4.71. The predicted octanol–water partition coefficient (Wildman–Crippen LogP) is 2.46. The van der Waals surface area contributed by atoms with Crippen LogP contribution in [0.1, 0.15) is 26.2 Å². The average Bonchev–Trinajstić information content (AvgIpc) is 2.14. The standard InChI is InChI=1S/C11H16O2/c1-3-11(12)13-8-10-6-4-5-9(2)7-10/h3,7,9H,1,4-6,8H2,2H3. The lowest BCUT2D eigenvalue weighted by atomic mass is 9.92. The summed E-state index contributed by atoms with van der Waals surface area (Å²) in [5.74, 6) is 0.297. The van der Waals surface area contributed by atoms with Gasteiger partial charge in [0.25, 0.3) is 0 Å². The quantitative estimate of drug-likeness (QED) is 0.379. The monoisotopic (exact) mass is 180 g/mol. The van der Waals surface area contributed by atoms with Gasteiger partial charge in [-0.3, -0.25) is 0 Å². The van der Waals surface area contributed by atoms with Gasteiger partial charge in [0.05, 0.1) is 0 Å². The zero-order valence-corrected chi connectivity index (χ0v) is 8.08. The molecule has 1 rings (SSSR count). The van der Waals surface area contributed by atoms with Crippen molar-refractivity contribution in [1.82, 2.24) is 0 Å². The zero-order chi connectivity index (χ0) is 9.68. The first kappa shape index (κ1) is 10.0. The Kier molecular flexibility index (Phi) is 3.74. The number of ether oxygens (including phenoxy) is 1. The van der Waals surface area contributed by atoms with E-state index in [1.54, 1.807) is 0 Å². The highest BCUT2D eigenvalue weighted by atomic mass is 16.5. The van der Waals surface area contributed by atoms with E-state index in [-0.39, 0.29) is 5.97 Å². The van der Waals surface area contributed by atoms with E-state index in [1.807, 2.05) is 0 Å². The summed E-state index contributed by atoms with van der Waals surface area (Å²) in [7, 11) is 0. The van der Waals surface area contributed by atoms with E-state index in [0.29, 0.717) is 12.5 Å². The average molecular weight is 180 g/mol. The van der Waals surface area contributed by atoms with Crippen molar-refractivity contribution in [1.29, 1.82) is 0 Å². The fraction of sp³-hybridized carbons (Fsp3) is 0.545. The second kappa shape index (κ2) is 4.85. The lowest BCUT2D eigenvalue weighted by molar-refractivity contribution is -0.136. The van der Waals surface area contributed by atoms with Gasteiger partial charge in [-0.05, 0) is 30.8 Å². The van der Waals surface area contributed by atoms with Crippen molar-refractivity contribution in [3.8, 4) is 0 Å². The molecule has 0 amide bonds. The second-order valence-corrected chi connectivity index (χ2v) is 3.51. The Hall–Kier alpha value is -1.05. The summed E-state index contributed by atoms with van der Waals surface area (Å²) in [5.41, 5.74) is 1.24. The minimum Gasteiger partial charge on any atom is -0.458 e. The normalized spacial score (nSPS) is 21.9. The number of carbonyl (C=O) groups excluding carboxylic acids is 1. The number of allylic oxidation sites excluding steroid dienone is 1. The molecular weight excluding hydrogens is 164 g/mol. The van der Waals surface area contributed by atoms with E-state index in [4.69, 9.17) is 4.74 Å². The molecule has 0 aromatic carbocycles. The molecule has 1 atom stereocenters. The Balaban J connectivity index is 2.35. The van der Waals surface area contributed by atoms with Crippen LogP contribution in [0.3, 0.4) is 0 Å². The SMILES string of the molecule is C=CC(=O)OCC1=CC(C)CCC1. The highest BCUT2D eigenvalue weighted by Crippen LogP contribution is 2.22. The number of carbonyl (C=O) groups is 1. The van der Waals surface area contributed by atoms with Gasteiger partial charge in [0.1, 0.15) is 6.61 Å².